The van der Waals surface area contributed by atoms with Gasteiger partial charge in [-0.3, -0.25) is 4.90 Å². The Bertz CT molecular complexity index is 552. The highest BCUT2D eigenvalue weighted by Crippen LogP contribution is 2.26. The van der Waals surface area contributed by atoms with E-state index in [9.17, 15) is 14.3 Å². The molecule has 24 heavy (non-hydrogen) atoms. The molecule has 1 aliphatic heterocycles. The van der Waals surface area contributed by atoms with Gasteiger partial charge in [-0.2, -0.15) is 0 Å². The number of rotatable bonds is 6. The first kappa shape index (κ1) is 18.4. The highest BCUT2D eigenvalue weighted by atomic mass is 19.1. The van der Waals surface area contributed by atoms with Crippen molar-refractivity contribution in [1.29, 1.82) is 0 Å². The van der Waals surface area contributed by atoms with Crippen molar-refractivity contribution in [2.24, 2.45) is 5.73 Å². The molecular weight excluding hydrogens is 317 g/mol. The lowest BCUT2D eigenvalue weighted by molar-refractivity contribution is 0.122. The third kappa shape index (κ3) is 4.56. The number of hydrogen-bond donors (Lipinski definition) is 2. The Morgan fingerprint density at radius 1 is 1.50 bits per heavy atom. The summed E-state index contributed by atoms with van der Waals surface area (Å²) in [7, 11) is 0. The van der Waals surface area contributed by atoms with Gasteiger partial charge in [0.25, 0.3) is 0 Å². The third-order valence-corrected chi connectivity index (χ3v) is 3.75. The third-order valence-electron chi connectivity index (χ3n) is 3.75. The van der Waals surface area contributed by atoms with Crippen LogP contribution >= 0.6 is 0 Å². The molecule has 3 N–H and O–H groups in total. The van der Waals surface area contributed by atoms with Crippen LogP contribution in [0.4, 0.5) is 20.6 Å². The molecule has 1 atom stereocenters. The number of morpholine rings is 1. The number of benzene rings is 1. The van der Waals surface area contributed by atoms with Crippen molar-refractivity contribution in [3.63, 3.8) is 0 Å². The number of carbonyl (C=O) groups is 1. The number of hydrogen-bond acceptors (Lipinski definition) is 6. The molecular formula is C16H24FN3O4. The van der Waals surface area contributed by atoms with Gasteiger partial charge in [-0.25, -0.2) is 9.18 Å². The predicted molar refractivity (Wildman–Crippen MR) is 88.9 cm³/mol. The predicted octanol–water partition coefficient (Wildman–Crippen LogP) is 0.945. The molecule has 0 bridgehead atoms. The Labute approximate surface area is 140 Å². The minimum absolute atomic E-state index is 0.00967. The lowest BCUT2D eigenvalue weighted by Crippen LogP contribution is -2.41. The van der Waals surface area contributed by atoms with Crippen molar-refractivity contribution in [2.45, 2.75) is 13.0 Å². The second-order valence-corrected chi connectivity index (χ2v) is 5.43. The molecule has 134 valence electrons. The smallest absolute Gasteiger partial charge is 0.414 e. The normalized spacial score (nSPS) is 15.9. The molecule has 0 saturated carbocycles. The highest BCUT2D eigenvalue weighted by Gasteiger charge is 2.22. The van der Waals surface area contributed by atoms with Crippen LogP contribution in [0.5, 0.6) is 0 Å². The zero-order chi connectivity index (χ0) is 17.5. The Kier molecular flexibility index (Phi) is 6.77. The zero-order valence-electron chi connectivity index (χ0n) is 13.8. The molecule has 0 spiro atoms. The molecule has 2 rings (SSSR count). The van der Waals surface area contributed by atoms with E-state index in [4.69, 9.17) is 15.2 Å². The van der Waals surface area contributed by atoms with E-state index in [1.165, 1.54) is 11.0 Å². The average Bonchev–Trinajstić information content (AvgIpc) is 2.60. The summed E-state index contributed by atoms with van der Waals surface area (Å²) in [6.07, 6.45) is -1.57. The van der Waals surface area contributed by atoms with Crippen LogP contribution in [-0.2, 0) is 9.47 Å². The van der Waals surface area contributed by atoms with Crippen LogP contribution < -0.4 is 15.5 Å². The van der Waals surface area contributed by atoms with Crippen LogP contribution in [-0.4, -0.2) is 63.3 Å². The van der Waals surface area contributed by atoms with Crippen molar-refractivity contribution >= 4 is 17.5 Å². The molecule has 1 unspecified atom stereocenters. The Hall–Kier alpha value is -1.90. The van der Waals surface area contributed by atoms with Gasteiger partial charge in [-0.15, -0.1) is 0 Å². The van der Waals surface area contributed by atoms with Gasteiger partial charge in [0.15, 0.2) is 0 Å². The summed E-state index contributed by atoms with van der Waals surface area (Å²) in [4.78, 5) is 15.2. The second-order valence-electron chi connectivity index (χ2n) is 5.43. The van der Waals surface area contributed by atoms with Crippen molar-refractivity contribution in [1.82, 2.24) is 0 Å². The summed E-state index contributed by atoms with van der Waals surface area (Å²) >= 11 is 0. The van der Waals surface area contributed by atoms with Gasteiger partial charge in [-0.05, 0) is 25.1 Å². The maximum atomic E-state index is 14.5. The maximum absolute atomic E-state index is 14.5. The van der Waals surface area contributed by atoms with Crippen LogP contribution in [0.1, 0.15) is 6.92 Å². The molecule has 1 amide bonds. The van der Waals surface area contributed by atoms with Gasteiger partial charge in [0.05, 0.1) is 43.8 Å². The lowest BCUT2D eigenvalue weighted by atomic mass is 10.2. The number of aliphatic hydroxyl groups excluding tert-OH is 1. The summed E-state index contributed by atoms with van der Waals surface area (Å²) in [5.41, 5.74) is 6.18. The fourth-order valence-corrected chi connectivity index (χ4v) is 2.50. The fraction of sp³-hybridized carbons (Fsp3) is 0.562. The maximum Gasteiger partial charge on any atom is 0.414 e. The average molecular weight is 341 g/mol. The number of anilines is 2. The summed E-state index contributed by atoms with van der Waals surface area (Å²) in [6, 6.07) is 4.52. The standard InChI is InChI=1S/C16H24FN3O4/c1-2-24-16(22)20(11-13(21)10-18)12-3-4-15(14(17)9-12)19-5-7-23-8-6-19/h3-4,9,13,21H,2,5-8,10-11,18H2,1H3. The number of nitrogens with zero attached hydrogens (tertiary/aromatic N) is 2. The van der Waals surface area contributed by atoms with Crippen LogP contribution in [0.2, 0.25) is 0 Å². The molecule has 0 aromatic heterocycles. The van der Waals surface area contributed by atoms with Gasteiger partial charge < -0.3 is 25.2 Å². The van der Waals surface area contributed by atoms with Gasteiger partial charge in [0, 0.05) is 19.6 Å². The summed E-state index contributed by atoms with van der Waals surface area (Å²) in [5.74, 6) is -0.439. The minimum atomic E-state index is -0.920. The Morgan fingerprint density at radius 2 is 2.21 bits per heavy atom. The number of aliphatic hydroxyl groups is 1. The summed E-state index contributed by atoms with van der Waals surface area (Å²) < 4.78 is 24.8. The van der Waals surface area contributed by atoms with E-state index in [0.717, 1.165) is 0 Å². The van der Waals surface area contributed by atoms with Gasteiger partial charge >= 0.3 is 6.09 Å². The van der Waals surface area contributed by atoms with Crippen molar-refractivity contribution in [2.75, 3.05) is 55.8 Å². The second kappa shape index (κ2) is 8.81. The number of halogens is 1. The molecule has 7 nitrogen and oxygen atoms in total. The van der Waals surface area contributed by atoms with E-state index < -0.39 is 18.0 Å². The number of nitrogens with two attached hydrogens (primary N) is 1. The van der Waals surface area contributed by atoms with E-state index in [2.05, 4.69) is 0 Å². The SMILES string of the molecule is CCOC(=O)N(CC(O)CN)c1ccc(N2CCOCC2)c(F)c1. The lowest BCUT2D eigenvalue weighted by Gasteiger charge is -2.30. The Balaban J connectivity index is 2.22. The first-order valence-electron chi connectivity index (χ1n) is 8.01. The highest BCUT2D eigenvalue weighted by molar-refractivity contribution is 5.88. The van der Waals surface area contributed by atoms with Crippen LogP contribution in [0.15, 0.2) is 18.2 Å². The molecule has 1 fully saturated rings. The van der Waals surface area contributed by atoms with Gasteiger partial charge in [0.1, 0.15) is 5.82 Å². The van der Waals surface area contributed by atoms with Crippen molar-refractivity contribution in [3.8, 4) is 0 Å². The fourth-order valence-electron chi connectivity index (χ4n) is 2.50. The molecule has 1 aliphatic rings. The number of amides is 1. The minimum Gasteiger partial charge on any atom is -0.449 e. The van der Waals surface area contributed by atoms with Crippen molar-refractivity contribution < 1.29 is 23.8 Å². The molecule has 1 heterocycles. The largest absolute Gasteiger partial charge is 0.449 e. The first-order chi connectivity index (χ1) is 11.6. The number of carbonyl (C=O) groups excluding carboxylic acids is 1. The Morgan fingerprint density at radius 3 is 2.79 bits per heavy atom. The molecule has 0 radical (unpaired) electrons. The monoisotopic (exact) mass is 341 g/mol. The summed E-state index contributed by atoms with van der Waals surface area (Å²) in [5, 5.41) is 9.74. The number of ether oxygens (including phenoxy) is 2. The van der Waals surface area contributed by atoms with E-state index in [1.54, 1.807) is 19.1 Å². The van der Waals surface area contributed by atoms with E-state index in [1.807, 2.05) is 4.90 Å². The molecule has 1 saturated heterocycles. The van der Waals surface area contributed by atoms with Gasteiger partial charge in [0.2, 0.25) is 0 Å². The zero-order valence-corrected chi connectivity index (χ0v) is 13.8. The van der Waals surface area contributed by atoms with E-state index >= 15 is 0 Å². The van der Waals surface area contributed by atoms with Crippen LogP contribution in [0.3, 0.4) is 0 Å². The molecule has 0 aliphatic carbocycles. The molecule has 8 heteroatoms. The van der Waals surface area contributed by atoms with Crippen LogP contribution in [0, 0.1) is 5.82 Å². The molecule has 1 aromatic rings. The van der Waals surface area contributed by atoms with Crippen LogP contribution in [0.25, 0.3) is 0 Å². The van der Waals surface area contributed by atoms with E-state index in [0.29, 0.717) is 37.7 Å². The summed E-state index contributed by atoms with van der Waals surface area (Å²) in [6.45, 7) is 4.13. The van der Waals surface area contributed by atoms with Gasteiger partial charge in [-0.1, -0.05) is 0 Å². The van der Waals surface area contributed by atoms with Crippen molar-refractivity contribution in [3.05, 3.63) is 24.0 Å². The first-order valence-corrected chi connectivity index (χ1v) is 8.01. The topological polar surface area (TPSA) is 88.3 Å². The quantitative estimate of drug-likeness (QED) is 0.801. The van der Waals surface area contributed by atoms with E-state index in [-0.39, 0.29) is 19.7 Å². The molecule has 1 aromatic carbocycles.